The number of benzene rings is 1. The highest BCUT2D eigenvalue weighted by Crippen LogP contribution is 2.26. The van der Waals surface area contributed by atoms with Gasteiger partial charge in [-0.1, -0.05) is 6.07 Å². The molecule has 1 aromatic rings. The zero-order chi connectivity index (χ0) is 17.3. The van der Waals surface area contributed by atoms with Crippen LogP contribution in [0, 0.1) is 0 Å². The molecule has 0 saturated heterocycles. The lowest BCUT2D eigenvalue weighted by Gasteiger charge is -2.00. The zero-order valence-corrected chi connectivity index (χ0v) is 12.3. The number of rotatable bonds is 2. The minimum absolute atomic E-state index is 0.0871. The second-order valence-corrected chi connectivity index (χ2v) is 5.44. The molecule has 0 amide bonds. The predicted molar refractivity (Wildman–Crippen MR) is 71.1 cm³/mol. The van der Waals surface area contributed by atoms with Crippen LogP contribution in [0.25, 0.3) is 0 Å². The number of phosphoric acid groups is 2. The van der Waals surface area contributed by atoms with Crippen LogP contribution in [-0.2, 0) is 15.6 Å². The van der Waals surface area contributed by atoms with Gasteiger partial charge in [0.2, 0.25) is 0 Å². The molecule has 1 aromatic carbocycles. The molecule has 0 spiro atoms. The van der Waals surface area contributed by atoms with Crippen molar-refractivity contribution in [1.29, 1.82) is 0 Å². The Labute approximate surface area is 119 Å². The Morgan fingerprint density at radius 2 is 1.24 bits per heavy atom. The second kappa shape index (κ2) is 9.85. The van der Waals surface area contributed by atoms with Crippen molar-refractivity contribution in [2.45, 2.75) is 6.42 Å². The predicted octanol–water partition coefficient (Wildman–Crippen LogP) is -1.26. The number of phenols is 2. The van der Waals surface area contributed by atoms with Crippen molar-refractivity contribution in [3.8, 4) is 11.5 Å². The lowest BCUT2D eigenvalue weighted by atomic mass is 10.1. The Kier molecular flexibility index (Phi) is 10.5. The van der Waals surface area contributed by atoms with E-state index < -0.39 is 15.6 Å². The van der Waals surface area contributed by atoms with E-state index >= 15 is 0 Å². The SMILES string of the molecule is NCCc1ccc(O)c(O)c1.O=P(O)(O)O.O=P(O)(O)O. The van der Waals surface area contributed by atoms with E-state index in [2.05, 4.69) is 0 Å². The molecule has 0 aromatic heterocycles. The Balaban J connectivity index is 0. The van der Waals surface area contributed by atoms with Crippen molar-refractivity contribution in [3.05, 3.63) is 23.8 Å². The molecule has 0 fully saturated rings. The summed E-state index contributed by atoms with van der Waals surface area (Å²) >= 11 is 0. The summed E-state index contributed by atoms with van der Waals surface area (Å²) in [6, 6.07) is 4.71. The van der Waals surface area contributed by atoms with E-state index in [9.17, 15) is 0 Å². The van der Waals surface area contributed by atoms with E-state index in [1.165, 1.54) is 12.1 Å². The first-order valence-corrected chi connectivity index (χ1v) is 8.14. The fourth-order valence-corrected chi connectivity index (χ4v) is 0.891. The summed E-state index contributed by atoms with van der Waals surface area (Å²) in [7, 11) is -9.28. The molecule has 0 unspecified atom stereocenters. The van der Waals surface area contributed by atoms with Crippen molar-refractivity contribution < 1.29 is 48.7 Å². The molecule has 21 heavy (non-hydrogen) atoms. The van der Waals surface area contributed by atoms with Crippen molar-refractivity contribution in [3.63, 3.8) is 0 Å². The molecule has 0 aliphatic carbocycles. The summed E-state index contributed by atoms with van der Waals surface area (Å²) < 4.78 is 17.8. The molecule has 0 aliphatic heterocycles. The van der Waals surface area contributed by atoms with E-state index in [1.54, 1.807) is 6.07 Å². The van der Waals surface area contributed by atoms with Crippen molar-refractivity contribution in [2.24, 2.45) is 5.73 Å². The lowest BCUT2D eigenvalue weighted by molar-refractivity contribution is 0.272. The molecule has 124 valence electrons. The third-order valence-corrected chi connectivity index (χ3v) is 1.47. The van der Waals surface area contributed by atoms with Crippen LogP contribution in [0.2, 0.25) is 0 Å². The van der Waals surface area contributed by atoms with Gasteiger partial charge in [0.15, 0.2) is 11.5 Å². The molecular formula is C8H17NO10P2. The minimum Gasteiger partial charge on any atom is -0.504 e. The third-order valence-electron chi connectivity index (χ3n) is 1.47. The quantitative estimate of drug-likeness (QED) is 0.226. The molecule has 0 bridgehead atoms. The fourth-order valence-electron chi connectivity index (χ4n) is 0.891. The molecular weight excluding hydrogens is 332 g/mol. The molecule has 0 saturated carbocycles. The number of hydrogen-bond donors (Lipinski definition) is 9. The van der Waals surface area contributed by atoms with Gasteiger partial charge in [0.1, 0.15) is 0 Å². The van der Waals surface area contributed by atoms with Crippen molar-refractivity contribution in [2.75, 3.05) is 6.54 Å². The summed E-state index contributed by atoms with van der Waals surface area (Å²) in [6.07, 6.45) is 0.716. The smallest absolute Gasteiger partial charge is 0.466 e. The fraction of sp³-hybridized carbons (Fsp3) is 0.250. The summed E-state index contributed by atoms with van der Waals surface area (Å²) in [5.74, 6) is -0.179. The monoisotopic (exact) mass is 349 g/mol. The van der Waals surface area contributed by atoms with Crippen LogP contribution in [0.1, 0.15) is 5.56 Å². The average molecular weight is 349 g/mol. The Hall–Kier alpha value is -1.00. The number of hydrogen-bond acceptors (Lipinski definition) is 5. The zero-order valence-electron chi connectivity index (χ0n) is 10.5. The molecule has 0 aliphatic rings. The van der Waals surface area contributed by atoms with Crippen LogP contribution >= 0.6 is 15.6 Å². The molecule has 13 heteroatoms. The van der Waals surface area contributed by atoms with Gasteiger partial charge in [-0.05, 0) is 30.7 Å². The van der Waals surface area contributed by atoms with Gasteiger partial charge < -0.3 is 45.3 Å². The van der Waals surface area contributed by atoms with Crippen molar-refractivity contribution in [1.82, 2.24) is 0 Å². The minimum atomic E-state index is -4.64. The maximum Gasteiger partial charge on any atom is 0.466 e. The van der Waals surface area contributed by atoms with Crippen LogP contribution in [-0.4, -0.2) is 46.1 Å². The lowest BCUT2D eigenvalue weighted by Crippen LogP contribution is -2.02. The van der Waals surface area contributed by atoms with E-state index in [0.717, 1.165) is 5.56 Å². The number of phenolic OH excluding ortho intramolecular Hbond substituents is 2. The first-order valence-electron chi connectivity index (χ1n) is 5.01. The second-order valence-electron chi connectivity index (χ2n) is 3.39. The standard InChI is InChI=1S/C8H11NO2.2H3O4P/c9-4-3-6-1-2-7(10)8(11)5-6;2*1-5(2,3)4/h1-2,5,10-11H,3-4,9H2;2*(H3,1,2,3,4). The van der Waals surface area contributed by atoms with Crippen LogP contribution < -0.4 is 5.73 Å². The average Bonchev–Trinajstić information content (AvgIpc) is 2.19. The van der Waals surface area contributed by atoms with Crippen LogP contribution in [0.5, 0.6) is 11.5 Å². The van der Waals surface area contributed by atoms with Gasteiger partial charge in [0.25, 0.3) is 0 Å². The molecule has 0 radical (unpaired) electrons. The summed E-state index contributed by atoms with van der Waals surface area (Å²) in [4.78, 5) is 43.1. The first-order chi connectivity index (χ1) is 9.24. The summed E-state index contributed by atoms with van der Waals surface area (Å²) in [6.45, 7) is 0.546. The molecule has 0 heterocycles. The normalized spacial score (nSPS) is 10.8. The van der Waals surface area contributed by atoms with E-state index in [1.807, 2.05) is 0 Å². The number of nitrogens with two attached hydrogens (primary N) is 1. The topological polar surface area (TPSA) is 222 Å². The third kappa shape index (κ3) is 24.4. The maximum atomic E-state index is 9.04. The number of aromatic hydroxyl groups is 2. The Morgan fingerprint density at radius 3 is 1.52 bits per heavy atom. The van der Waals surface area contributed by atoms with Gasteiger partial charge in [-0.15, -0.1) is 0 Å². The van der Waals surface area contributed by atoms with E-state index in [0.29, 0.717) is 13.0 Å². The highest BCUT2D eigenvalue weighted by atomic mass is 31.2. The van der Waals surface area contributed by atoms with Gasteiger partial charge in [-0.3, -0.25) is 0 Å². The molecule has 1 rings (SSSR count). The molecule has 10 N–H and O–H groups in total. The highest BCUT2D eigenvalue weighted by molar-refractivity contribution is 7.45. The van der Waals surface area contributed by atoms with Gasteiger partial charge in [-0.25, -0.2) is 9.13 Å². The first kappa shape index (κ1) is 22.3. The van der Waals surface area contributed by atoms with Gasteiger partial charge in [0, 0.05) is 0 Å². The Morgan fingerprint density at radius 1 is 0.857 bits per heavy atom. The molecule has 0 atom stereocenters. The van der Waals surface area contributed by atoms with Crippen LogP contribution in [0.15, 0.2) is 18.2 Å². The van der Waals surface area contributed by atoms with Gasteiger partial charge >= 0.3 is 15.6 Å². The largest absolute Gasteiger partial charge is 0.504 e. The molecule has 11 nitrogen and oxygen atoms in total. The van der Waals surface area contributed by atoms with Crippen LogP contribution in [0.3, 0.4) is 0 Å². The maximum absolute atomic E-state index is 9.04. The van der Waals surface area contributed by atoms with E-state index in [4.69, 9.17) is 54.4 Å². The summed E-state index contributed by atoms with van der Waals surface area (Å²) in [5, 5.41) is 18.0. The van der Waals surface area contributed by atoms with Crippen LogP contribution in [0.4, 0.5) is 0 Å². The summed E-state index contributed by atoms with van der Waals surface area (Å²) in [5.41, 5.74) is 6.24. The van der Waals surface area contributed by atoms with E-state index in [-0.39, 0.29) is 11.5 Å². The highest BCUT2D eigenvalue weighted by Gasteiger charge is 2.00. The van der Waals surface area contributed by atoms with Gasteiger partial charge in [-0.2, -0.15) is 0 Å². The van der Waals surface area contributed by atoms with Gasteiger partial charge in [0.05, 0.1) is 0 Å². The van der Waals surface area contributed by atoms with Crippen molar-refractivity contribution >= 4 is 15.6 Å². The Bertz CT molecular complexity index is 473.